The first-order valence-electron chi connectivity index (χ1n) is 6.94. The Hall–Kier alpha value is -1.43. The van der Waals surface area contributed by atoms with E-state index in [4.69, 9.17) is 9.26 Å². The summed E-state index contributed by atoms with van der Waals surface area (Å²) in [6.45, 7) is 4.05. The van der Waals surface area contributed by atoms with Crippen molar-refractivity contribution in [2.45, 2.75) is 39.0 Å². The van der Waals surface area contributed by atoms with E-state index in [1.165, 1.54) is 0 Å². The topological polar surface area (TPSA) is 77.2 Å². The van der Waals surface area contributed by atoms with Crippen LogP contribution in [0.1, 0.15) is 37.9 Å². The second kappa shape index (κ2) is 7.23. The number of carbonyl (C=O) groups is 1. The predicted octanol–water partition coefficient (Wildman–Crippen LogP) is 1.11. The number of nitrogens with zero attached hydrogens (tertiary/aromatic N) is 2. The molecule has 1 atom stereocenters. The summed E-state index contributed by atoms with van der Waals surface area (Å²) < 4.78 is 10.4. The van der Waals surface area contributed by atoms with Crippen molar-refractivity contribution >= 4 is 5.91 Å². The lowest BCUT2D eigenvalue weighted by molar-refractivity contribution is -0.123. The first-order valence-corrected chi connectivity index (χ1v) is 6.94. The molecule has 6 nitrogen and oxygen atoms in total. The first kappa shape index (κ1) is 14.0. The van der Waals surface area contributed by atoms with Gasteiger partial charge in [-0.3, -0.25) is 4.79 Å². The van der Waals surface area contributed by atoms with E-state index in [1.54, 1.807) is 0 Å². The van der Waals surface area contributed by atoms with Gasteiger partial charge in [0.15, 0.2) is 5.82 Å². The summed E-state index contributed by atoms with van der Waals surface area (Å²) in [6.07, 6.45) is 4.03. The SMILES string of the molecule is CCc1noc(CCNC(=O)CC2CCCOC2)n1. The molecule has 1 aromatic rings. The standard InChI is InChI=1S/C13H21N3O3/c1-2-11-15-13(19-16-11)5-6-14-12(17)8-10-4-3-7-18-9-10/h10H,2-9H2,1H3,(H,14,17). The number of aromatic nitrogens is 2. The van der Waals surface area contributed by atoms with Crippen molar-refractivity contribution in [1.29, 1.82) is 0 Å². The number of nitrogens with one attached hydrogen (secondary N) is 1. The van der Waals surface area contributed by atoms with E-state index >= 15 is 0 Å². The molecule has 1 aromatic heterocycles. The second-order valence-corrected chi connectivity index (χ2v) is 4.85. The van der Waals surface area contributed by atoms with Crippen molar-refractivity contribution in [2.24, 2.45) is 5.92 Å². The van der Waals surface area contributed by atoms with Crippen LogP contribution in [0.5, 0.6) is 0 Å². The highest BCUT2D eigenvalue weighted by Crippen LogP contribution is 2.16. The Morgan fingerprint density at radius 2 is 2.42 bits per heavy atom. The first-order chi connectivity index (χ1) is 9.28. The van der Waals surface area contributed by atoms with Crippen LogP contribution in [0.15, 0.2) is 4.52 Å². The van der Waals surface area contributed by atoms with E-state index in [1.807, 2.05) is 6.92 Å². The zero-order valence-electron chi connectivity index (χ0n) is 11.4. The van der Waals surface area contributed by atoms with Gasteiger partial charge < -0.3 is 14.6 Å². The van der Waals surface area contributed by atoms with E-state index in [-0.39, 0.29) is 5.91 Å². The molecule has 0 aliphatic carbocycles. The Balaban J connectivity index is 1.63. The largest absolute Gasteiger partial charge is 0.381 e. The van der Waals surface area contributed by atoms with Crippen molar-refractivity contribution in [3.8, 4) is 0 Å². The molecule has 2 heterocycles. The molecule has 0 radical (unpaired) electrons. The summed E-state index contributed by atoms with van der Waals surface area (Å²) in [5.41, 5.74) is 0. The Labute approximate surface area is 112 Å². The minimum atomic E-state index is 0.0748. The quantitative estimate of drug-likeness (QED) is 0.835. The fourth-order valence-electron chi connectivity index (χ4n) is 2.15. The van der Waals surface area contributed by atoms with Crippen LogP contribution < -0.4 is 5.32 Å². The maximum Gasteiger partial charge on any atom is 0.228 e. The number of rotatable bonds is 6. The average Bonchev–Trinajstić information content (AvgIpc) is 2.88. The molecule has 2 rings (SSSR count). The molecule has 1 N–H and O–H groups in total. The molecule has 0 aromatic carbocycles. The van der Waals surface area contributed by atoms with Crippen molar-refractivity contribution in [1.82, 2.24) is 15.5 Å². The predicted molar refractivity (Wildman–Crippen MR) is 68.5 cm³/mol. The number of aryl methyl sites for hydroxylation is 1. The number of ether oxygens (including phenoxy) is 1. The lowest BCUT2D eigenvalue weighted by atomic mass is 9.98. The fourth-order valence-corrected chi connectivity index (χ4v) is 2.15. The number of carbonyl (C=O) groups excluding carboxylic acids is 1. The molecule has 0 saturated carbocycles. The molecule has 1 aliphatic heterocycles. The molecule has 19 heavy (non-hydrogen) atoms. The molecule has 1 fully saturated rings. The second-order valence-electron chi connectivity index (χ2n) is 4.85. The van der Waals surface area contributed by atoms with Gasteiger partial charge in [-0.2, -0.15) is 4.98 Å². The normalized spacial score (nSPS) is 19.3. The van der Waals surface area contributed by atoms with Gasteiger partial charge in [-0.05, 0) is 18.8 Å². The van der Waals surface area contributed by atoms with Gasteiger partial charge in [0.05, 0.1) is 0 Å². The minimum Gasteiger partial charge on any atom is -0.381 e. The van der Waals surface area contributed by atoms with Crippen LogP contribution in [-0.2, 0) is 22.4 Å². The average molecular weight is 267 g/mol. The number of amides is 1. The Kier molecular flexibility index (Phi) is 5.32. The molecule has 6 heteroatoms. The van der Waals surface area contributed by atoms with Gasteiger partial charge in [0.2, 0.25) is 11.8 Å². The maximum atomic E-state index is 11.7. The molecule has 1 saturated heterocycles. The van der Waals surface area contributed by atoms with E-state index in [0.29, 0.717) is 43.6 Å². The summed E-state index contributed by atoms with van der Waals surface area (Å²) >= 11 is 0. The summed E-state index contributed by atoms with van der Waals surface area (Å²) in [5, 5.41) is 6.69. The van der Waals surface area contributed by atoms with Gasteiger partial charge >= 0.3 is 0 Å². The van der Waals surface area contributed by atoms with Gasteiger partial charge in [-0.25, -0.2) is 0 Å². The molecule has 1 amide bonds. The van der Waals surface area contributed by atoms with Gasteiger partial charge in [0, 0.05) is 39.0 Å². The highest BCUT2D eigenvalue weighted by Gasteiger charge is 2.17. The van der Waals surface area contributed by atoms with Crippen LogP contribution in [0.3, 0.4) is 0 Å². The van der Waals surface area contributed by atoms with Crippen molar-refractivity contribution in [2.75, 3.05) is 19.8 Å². The third kappa shape index (κ3) is 4.63. The number of hydrogen-bond donors (Lipinski definition) is 1. The lowest BCUT2D eigenvalue weighted by Crippen LogP contribution is -2.30. The van der Waals surface area contributed by atoms with E-state index in [0.717, 1.165) is 25.9 Å². The molecule has 0 spiro atoms. The number of hydrogen-bond acceptors (Lipinski definition) is 5. The third-order valence-corrected chi connectivity index (χ3v) is 3.22. The summed E-state index contributed by atoms with van der Waals surface area (Å²) in [6, 6.07) is 0. The van der Waals surface area contributed by atoms with E-state index < -0.39 is 0 Å². The molecular formula is C13H21N3O3. The molecule has 1 aliphatic rings. The van der Waals surface area contributed by atoms with Crippen LogP contribution in [0.25, 0.3) is 0 Å². The van der Waals surface area contributed by atoms with Crippen molar-refractivity contribution in [3.05, 3.63) is 11.7 Å². The maximum absolute atomic E-state index is 11.7. The van der Waals surface area contributed by atoms with Crippen molar-refractivity contribution in [3.63, 3.8) is 0 Å². The summed E-state index contributed by atoms with van der Waals surface area (Å²) in [4.78, 5) is 15.9. The minimum absolute atomic E-state index is 0.0748. The highest BCUT2D eigenvalue weighted by atomic mass is 16.5. The van der Waals surface area contributed by atoms with Gasteiger partial charge in [0.25, 0.3) is 0 Å². The molecule has 0 bridgehead atoms. The van der Waals surface area contributed by atoms with Crippen LogP contribution >= 0.6 is 0 Å². The monoisotopic (exact) mass is 267 g/mol. The molecule has 106 valence electrons. The lowest BCUT2D eigenvalue weighted by Gasteiger charge is -2.21. The van der Waals surface area contributed by atoms with Crippen LogP contribution in [0.2, 0.25) is 0 Å². The third-order valence-electron chi connectivity index (χ3n) is 3.22. The van der Waals surface area contributed by atoms with Gasteiger partial charge in [0.1, 0.15) is 0 Å². The van der Waals surface area contributed by atoms with Crippen LogP contribution in [-0.4, -0.2) is 35.8 Å². The zero-order valence-corrected chi connectivity index (χ0v) is 11.4. The molecular weight excluding hydrogens is 246 g/mol. The summed E-state index contributed by atoms with van der Waals surface area (Å²) in [7, 11) is 0. The highest BCUT2D eigenvalue weighted by molar-refractivity contribution is 5.76. The van der Waals surface area contributed by atoms with Crippen LogP contribution in [0, 0.1) is 5.92 Å². The van der Waals surface area contributed by atoms with E-state index in [2.05, 4.69) is 15.5 Å². The Morgan fingerprint density at radius 1 is 1.53 bits per heavy atom. The van der Waals surface area contributed by atoms with Gasteiger partial charge in [-0.1, -0.05) is 12.1 Å². The van der Waals surface area contributed by atoms with E-state index in [9.17, 15) is 4.79 Å². The van der Waals surface area contributed by atoms with Gasteiger partial charge in [-0.15, -0.1) is 0 Å². The smallest absolute Gasteiger partial charge is 0.228 e. The molecule has 1 unspecified atom stereocenters. The van der Waals surface area contributed by atoms with Crippen LogP contribution in [0.4, 0.5) is 0 Å². The fraction of sp³-hybridized carbons (Fsp3) is 0.769. The Morgan fingerprint density at radius 3 is 3.11 bits per heavy atom. The summed E-state index contributed by atoms with van der Waals surface area (Å²) in [5.74, 6) is 1.73. The Bertz CT molecular complexity index is 400. The van der Waals surface area contributed by atoms with Crippen molar-refractivity contribution < 1.29 is 14.1 Å². The zero-order chi connectivity index (χ0) is 13.5.